The zero-order valence-electron chi connectivity index (χ0n) is 10.2. The van der Waals surface area contributed by atoms with Crippen LogP contribution in [0.1, 0.15) is 37.7 Å². The first kappa shape index (κ1) is 13.3. The molecule has 1 saturated carbocycles. The van der Waals surface area contributed by atoms with E-state index < -0.39 is 0 Å². The van der Waals surface area contributed by atoms with E-state index in [4.69, 9.17) is 0 Å². The molecule has 0 unspecified atom stereocenters. The first-order valence-electron chi connectivity index (χ1n) is 6.35. The molecule has 1 aromatic carbocycles. The summed E-state index contributed by atoms with van der Waals surface area (Å²) in [4.78, 5) is 11.8. The Morgan fingerprint density at radius 2 is 2.00 bits per heavy atom. The van der Waals surface area contributed by atoms with E-state index in [1.807, 2.05) is 24.3 Å². The van der Waals surface area contributed by atoms with Gasteiger partial charge in [-0.15, -0.1) is 0 Å². The molecule has 4 heteroatoms. The molecule has 1 aromatic rings. The number of nitrogens with one attached hydrogen (secondary N) is 1. The van der Waals surface area contributed by atoms with E-state index >= 15 is 0 Å². The van der Waals surface area contributed by atoms with Crippen LogP contribution in [0.3, 0.4) is 0 Å². The summed E-state index contributed by atoms with van der Waals surface area (Å²) in [6.45, 7) is 0. The van der Waals surface area contributed by atoms with E-state index in [-0.39, 0.29) is 11.8 Å². The minimum Gasteiger partial charge on any atom is -0.273 e. The number of hydrazone groups is 1. The van der Waals surface area contributed by atoms with E-state index in [0.717, 1.165) is 35.7 Å². The van der Waals surface area contributed by atoms with Crippen LogP contribution in [0.15, 0.2) is 33.8 Å². The van der Waals surface area contributed by atoms with E-state index in [1.54, 1.807) is 6.21 Å². The molecule has 0 atom stereocenters. The van der Waals surface area contributed by atoms with Crippen molar-refractivity contribution in [2.75, 3.05) is 0 Å². The molecule has 0 radical (unpaired) electrons. The Kier molecular flexibility index (Phi) is 4.93. The molecule has 0 aliphatic heterocycles. The first-order valence-corrected chi connectivity index (χ1v) is 7.14. The van der Waals surface area contributed by atoms with Gasteiger partial charge in [-0.25, -0.2) is 5.43 Å². The summed E-state index contributed by atoms with van der Waals surface area (Å²) < 4.78 is 0.973. The van der Waals surface area contributed by atoms with Gasteiger partial charge in [0.1, 0.15) is 0 Å². The van der Waals surface area contributed by atoms with Crippen LogP contribution in [0.25, 0.3) is 0 Å². The van der Waals surface area contributed by atoms with E-state index in [2.05, 4.69) is 26.5 Å². The summed E-state index contributed by atoms with van der Waals surface area (Å²) in [6, 6.07) is 7.78. The highest BCUT2D eigenvalue weighted by Crippen LogP contribution is 2.23. The van der Waals surface area contributed by atoms with Crippen LogP contribution in [-0.2, 0) is 4.79 Å². The smallest absolute Gasteiger partial charge is 0.243 e. The van der Waals surface area contributed by atoms with Crippen molar-refractivity contribution in [1.82, 2.24) is 5.43 Å². The van der Waals surface area contributed by atoms with Crippen molar-refractivity contribution in [3.8, 4) is 0 Å². The second-order valence-corrected chi connectivity index (χ2v) is 5.45. The Balaban J connectivity index is 1.87. The lowest BCUT2D eigenvalue weighted by Crippen LogP contribution is -2.28. The molecule has 0 heterocycles. The summed E-state index contributed by atoms with van der Waals surface area (Å²) >= 11 is 3.44. The van der Waals surface area contributed by atoms with Crippen LogP contribution in [-0.4, -0.2) is 12.1 Å². The first-order chi connectivity index (χ1) is 8.77. The maximum atomic E-state index is 11.8. The number of hydrogen-bond acceptors (Lipinski definition) is 2. The van der Waals surface area contributed by atoms with Crippen LogP contribution in [0, 0.1) is 5.92 Å². The van der Waals surface area contributed by atoms with Gasteiger partial charge in [-0.2, -0.15) is 5.10 Å². The molecule has 0 saturated heterocycles. The zero-order chi connectivity index (χ0) is 12.8. The third-order valence-corrected chi connectivity index (χ3v) is 3.98. The van der Waals surface area contributed by atoms with Crippen LogP contribution in [0.2, 0.25) is 0 Å². The highest BCUT2D eigenvalue weighted by atomic mass is 79.9. The maximum absolute atomic E-state index is 11.8. The summed E-state index contributed by atoms with van der Waals surface area (Å²) in [6.07, 6.45) is 7.24. The minimum absolute atomic E-state index is 0.0537. The minimum atomic E-state index is 0.0537. The van der Waals surface area contributed by atoms with Gasteiger partial charge in [-0.3, -0.25) is 4.79 Å². The molecule has 0 bridgehead atoms. The molecule has 3 nitrogen and oxygen atoms in total. The van der Waals surface area contributed by atoms with Gasteiger partial charge in [-0.1, -0.05) is 53.4 Å². The van der Waals surface area contributed by atoms with Crippen molar-refractivity contribution in [1.29, 1.82) is 0 Å². The van der Waals surface area contributed by atoms with Gasteiger partial charge in [0.15, 0.2) is 0 Å². The number of nitrogens with zero attached hydrogens (tertiary/aromatic N) is 1. The number of amides is 1. The largest absolute Gasteiger partial charge is 0.273 e. The Labute approximate surface area is 116 Å². The monoisotopic (exact) mass is 308 g/mol. The molecule has 1 aliphatic carbocycles. The standard InChI is InChI=1S/C14H17BrN2O/c15-13-9-5-4-8-12(13)10-16-17-14(18)11-6-2-1-3-7-11/h4-5,8-11H,1-3,6-7H2,(H,17,18). The molecule has 2 rings (SSSR count). The number of rotatable bonds is 3. The predicted molar refractivity (Wildman–Crippen MR) is 76.5 cm³/mol. The van der Waals surface area contributed by atoms with Crippen molar-refractivity contribution >= 4 is 28.1 Å². The van der Waals surface area contributed by atoms with Gasteiger partial charge in [0.05, 0.1) is 6.21 Å². The molecule has 0 aromatic heterocycles. The van der Waals surface area contributed by atoms with Crippen molar-refractivity contribution in [3.63, 3.8) is 0 Å². The summed E-state index contributed by atoms with van der Waals surface area (Å²) in [5, 5.41) is 4.02. The normalized spacial score (nSPS) is 16.9. The SMILES string of the molecule is O=C(NN=Cc1ccccc1Br)C1CCCCC1. The molecule has 1 N–H and O–H groups in total. The highest BCUT2D eigenvalue weighted by molar-refractivity contribution is 9.10. The van der Waals surface area contributed by atoms with Crippen molar-refractivity contribution in [3.05, 3.63) is 34.3 Å². The quantitative estimate of drug-likeness (QED) is 0.674. The number of carbonyl (C=O) groups excluding carboxylic acids is 1. The molecule has 1 aliphatic rings. The fourth-order valence-electron chi connectivity index (χ4n) is 2.20. The van der Waals surface area contributed by atoms with E-state index in [1.165, 1.54) is 6.42 Å². The Bertz CT molecular complexity index is 439. The van der Waals surface area contributed by atoms with Crippen LogP contribution in [0.5, 0.6) is 0 Å². The van der Waals surface area contributed by atoms with Crippen LogP contribution < -0.4 is 5.43 Å². The molecular formula is C14H17BrN2O. The van der Waals surface area contributed by atoms with Gasteiger partial charge in [0.25, 0.3) is 0 Å². The summed E-state index contributed by atoms with van der Waals surface area (Å²) in [5.41, 5.74) is 3.60. The average Bonchev–Trinajstić information content (AvgIpc) is 2.42. The number of benzene rings is 1. The lowest BCUT2D eigenvalue weighted by Gasteiger charge is -2.19. The van der Waals surface area contributed by atoms with Gasteiger partial charge in [0.2, 0.25) is 5.91 Å². The van der Waals surface area contributed by atoms with Gasteiger partial charge >= 0.3 is 0 Å². The fourth-order valence-corrected chi connectivity index (χ4v) is 2.59. The van der Waals surface area contributed by atoms with Gasteiger partial charge in [0, 0.05) is 16.0 Å². The number of halogens is 1. The lowest BCUT2D eigenvalue weighted by molar-refractivity contribution is -0.125. The van der Waals surface area contributed by atoms with Crippen molar-refractivity contribution in [2.45, 2.75) is 32.1 Å². The molecule has 1 amide bonds. The molecule has 1 fully saturated rings. The summed E-state index contributed by atoms with van der Waals surface area (Å²) in [5.74, 6) is 0.202. The van der Waals surface area contributed by atoms with Crippen molar-refractivity contribution in [2.24, 2.45) is 11.0 Å². The highest BCUT2D eigenvalue weighted by Gasteiger charge is 2.20. The molecular weight excluding hydrogens is 292 g/mol. The van der Waals surface area contributed by atoms with E-state index in [9.17, 15) is 4.79 Å². The Morgan fingerprint density at radius 3 is 2.72 bits per heavy atom. The Morgan fingerprint density at radius 1 is 1.28 bits per heavy atom. The zero-order valence-corrected chi connectivity index (χ0v) is 11.8. The molecule has 96 valence electrons. The third-order valence-electron chi connectivity index (χ3n) is 3.26. The second kappa shape index (κ2) is 6.69. The van der Waals surface area contributed by atoms with Crippen LogP contribution >= 0.6 is 15.9 Å². The van der Waals surface area contributed by atoms with Gasteiger partial charge < -0.3 is 0 Å². The fraction of sp³-hybridized carbons (Fsp3) is 0.429. The van der Waals surface area contributed by atoms with E-state index in [0.29, 0.717) is 0 Å². The number of hydrogen-bond donors (Lipinski definition) is 1. The Hall–Kier alpha value is -1.16. The molecule has 0 spiro atoms. The topological polar surface area (TPSA) is 41.5 Å². The van der Waals surface area contributed by atoms with Crippen LogP contribution in [0.4, 0.5) is 0 Å². The lowest BCUT2D eigenvalue weighted by atomic mass is 9.89. The maximum Gasteiger partial charge on any atom is 0.243 e. The second-order valence-electron chi connectivity index (χ2n) is 4.59. The van der Waals surface area contributed by atoms with Crippen molar-refractivity contribution < 1.29 is 4.79 Å². The number of carbonyl (C=O) groups is 1. The van der Waals surface area contributed by atoms with Gasteiger partial charge in [-0.05, 0) is 18.9 Å². The average molecular weight is 309 g/mol. The molecule has 18 heavy (non-hydrogen) atoms. The summed E-state index contributed by atoms with van der Waals surface area (Å²) in [7, 11) is 0. The third kappa shape index (κ3) is 3.67. The predicted octanol–water partition coefficient (Wildman–Crippen LogP) is 3.48.